The summed E-state index contributed by atoms with van der Waals surface area (Å²) >= 11 is 0. The van der Waals surface area contributed by atoms with Crippen molar-refractivity contribution in [3.8, 4) is 0 Å². The van der Waals surface area contributed by atoms with E-state index in [9.17, 15) is 4.21 Å². The van der Waals surface area contributed by atoms with E-state index in [-0.39, 0.29) is 0 Å². The first kappa shape index (κ1) is 6.27. The van der Waals surface area contributed by atoms with Crippen LogP contribution in [0.2, 0.25) is 0 Å². The highest BCUT2D eigenvalue weighted by Crippen LogP contribution is 2.13. The Labute approximate surface area is 52.9 Å². The quantitative estimate of drug-likeness (QED) is 0.483. The number of hydrogen-bond donors (Lipinski definition) is 0. The molecule has 1 heterocycles. The predicted molar refractivity (Wildman–Crippen MR) is 36.3 cm³/mol. The van der Waals surface area contributed by atoms with Crippen molar-refractivity contribution < 1.29 is 4.21 Å². The molecule has 1 unspecified atom stereocenters. The summed E-state index contributed by atoms with van der Waals surface area (Å²) in [5.41, 5.74) is 0. The molecule has 1 nitrogen and oxygen atoms in total. The molecule has 0 saturated carbocycles. The van der Waals surface area contributed by atoms with Gasteiger partial charge in [0.2, 0.25) is 0 Å². The summed E-state index contributed by atoms with van der Waals surface area (Å²) in [5, 5.41) is 0. The van der Waals surface area contributed by atoms with Crippen LogP contribution in [0.5, 0.6) is 0 Å². The van der Waals surface area contributed by atoms with E-state index in [4.69, 9.17) is 0 Å². The molecule has 0 N–H and O–H groups in total. The Hall–Kier alpha value is 0.150. The van der Waals surface area contributed by atoms with E-state index in [1.165, 1.54) is 12.8 Å². The van der Waals surface area contributed by atoms with Gasteiger partial charge in [-0.05, 0) is 18.8 Å². The lowest BCUT2D eigenvalue weighted by atomic mass is 10.1. The van der Waals surface area contributed by atoms with E-state index >= 15 is 0 Å². The fraction of sp³-hybridized carbons (Fsp3) is 1.00. The van der Waals surface area contributed by atoms with Crippen molar-refractivity contribution in [2.45, 2.75) is 19.8 Å². The second-order valence-corrected chi connectivity index (χ2v) is 4.18. The van der Waals surface area contributed by atoms with Gasteiger partial charge in [-0.15, -0.1) is 0 Å². The standard InChI is InChI=1S/C6H12OS/c1-6-3-2-4-8(7)5-6/h6H,2-5H2,1H3/t6-,8?/m0/s1. The minimum Gasteiger partial charge on any atom is -0.260 e. The van der Waals surface area contributed by atoms with Gasteiger partial charge < -0.3 is 0 Å². The normalized spacial score (nSPS) is 39.6. The van der Waals surface area contributed by atoms with E-state index in [1.807, 2.05) is 0 Å². The van der Waals surface area contributed by atoms with Crippen LogP contribution in [0.3, 0.4) is 0 Å². The summed E-state index contributed by atoms with van der Waals surface area (Å²) in [5.74, 6) is 2.61. The van der Waals surface area contributed by atoms with Crippen LogP contribution >= 0.6 is 0 Å². The molecule has 8 heavy (non-hydrogen) atoms. The molecule has 2 atom stereocenters. The van der Waals surface area contributed by atoms with Gasteiger partial charge >= 0.3 is 0 Å². The number of rotatable bonds is 0. The highest BCUT2D eigenvalue weighted by molar-refractivity contribution is 7.85. The average molecular weight is 132 g/mol. The van der Waals surface area contributed by atoms with Gasteiger partial charge in [0.1, 0.15) is 0 Å². The molecule has 2 heteroatoms. The SMILES string of the molecule is C[C@H]1CCCS(=O)C1. The van der Waals surface area contributed by atoms with Crippen molar-refractivity contribution in [2.75, 3.05) is 11.5 Å². The van der Waals surface area contributed by atoms with Crippen molar-refractivity contribution in [3.05, 3.63) is 0 Å². The Morgan fingerprint density at radius 1 is 1.62 bits per heavy atom. The molecule has 0 aromatic carbocycles. The van der Waals surface area contributed by atoms with Gasteiger partial charge in [-0.1, -0.05) is 6.92 Å². The highest BCUT2D eigenvalue weighted by Gasteiger charge is 2.12. The molecule has 0 aromatic heterocycles. The zero-order valence-electron chi connectivity index (χ0n) is 5.22. The van der Waals surface area contributed by atoms with Crippen LogP contribution in [0.15, 0.2) is 0 Å². The van der Waals surface area contributed by atoms with Crippen molar-refractivity contribution >= 4 is 10.8 Å². The fourth-order valence-electron chi connectivity index (χ4n) is 1.08. The topological polar surface area (TPSA) is 17.1 Å². The highest BCUT2D eigenvalue weighted by atomic mass is 32.2. The Bertz CT molecular complexity index is 101. The lowest BCUT2D eigenvalue weighted by molar-refractivity contribution is 0.552. The molecule has 1 fully saturated rings. The summed E-state index contributed by atoms with van der Waals surface area (Å²) in [6, 6.07) is 0. The Morgan fingerprint density at radius 2 is 2.38 bits per heavy atom. The minimum absolute atomic E-state index is 0.470. The van der Waals surface area contributed by atoms with Crippen molar-refractivity contribution in [3.63, 3.8) is 0 Å². The molecule has 0 aromatic rings. The maximum absolute atomic E-state index is 10.8. The molecule has 48 valence electrons. The van der Waals surface area contributed by atoms with Crippen LogP contribution in [0.25, 0.3) is 0 Å². The predicted octanol–water partition coefficient (Wildman–Crippen LogP) is 1.17. The lowest BCUT2D eigenvalue weighted by Gasteiger charge is -2.15. The minimum atomic E-state index is -0.470. The molecule has 1 aliphatic heterocycles. The summed E-state index contributed by atoms with van der Waals surface area (Å²) in [6.07, 6.45) is 2.46. The first-order chi connectivity index (χ1) is 3.79. The molecule has 0 radical (unpaired) electrons. The maximum Gasteiger partial charge on any atom is 0.0260 e. The van der Waals surface area contributed by atoms with Gasteiger partial charge in [0.15, 0.2) is 0 Å². The lowest BCUT2D eigenvalue weighted by Crippen LogP contribution is -2.17. The molecular formula is C6H12OS. The van der Waals surface area contributed by atoms with Crippen molar-refractivity contribution in [1.29, 1.82) is 0 Å². The molecule has 1 saturated heterocycles. The largest absolute Gasteiger partial charge is 0.260 e. The number of hydrogen-bond acceptors (Lipinski definition) is 1. The zero-order chi connectivity index (χ0) is 5.98. The third-order valence-electron chi connectivity index (χ3n) is 1.54. The molecular weight excluding hydrogens is 120 g/mol. The van der Waals surface area contributed by atoms with Gasteiger partial charge in [0, 0.05) is 22.3 Å². The van der Waals surface area contributed by atoms with Crippen LogP contribution in [0.4, 0.5) is 0 Å². The van der Waals surface area contributed by atoms with Gasteiger partial charge in [-0.2, -0.15) is 0 Å². The zero-order valence-corrected chi connectivity index (χ0v) is 6.04. The van der Waals surface area contributed by atoms with Crippen LogP contribution in [0, 0.1) is 5.92 Å². The molecule has 0 bridgehead atoms. The van der Waals surface area contributed by atoms with Crippen LogP contribution in [0.1, 0.15) is 19.8 Å². The molecule has 0 aliphatic carbocycles. The third-order valence-corrected chi connectivity index (χ3v) is 3.22. The second kappa shape index (κ2) is 2.62. The van der Waals surface area contributed by atoms with Gasteiger partial charge in [-0.3, -0.25) is 4.21 Å². The van der Waals surface area contributed by atoms with Crippen molar-refractivity contribution in [2.24, 2.45) is 5.92 Å². The van der Waals surface area contributed by atoms with Crippen LogP contribution < -0.4 is 0 Å². The van der Waals surface area contributed by atoms with Gasteiger partial charge in [0.05, 0.1) is 0 Å². The Kier molecular flexibility index (Phi) is 2.06. The molecule has 1 aliphatic rings. The van der Waals surface area contributed by atoms with Gasteiger partial charge in [0.25, 0.3) is 0 Å². The summed E-state index contributed by atoms with van der Waals surface area (Å²) in [6.45, 7) is 2.18. The monoisotopic (exact) mass is 132 g/mol. The first-order valence-electron chi connectivity index (χ1n) is 3.14. The van der Waals surface area contributed by atoms with Crippen LogP contribution in [-0.2, 0) is 10.8 Å². The van der Waals surface area contributed by atoms with Crippen LogP contribution in [-0.4, -0.2) is 15.7 Å². The molecule has 1 rings (SSSR count). The first-order valence-corrected chi connectivity index (χ1v) is 4.63. The smallest absolute Gasteiger partial charge is 0.0260 e. The molecule has 0 spiro atoms. The van der Waals surface area contributed by atoms with E-state index in [1.54, 1.807) is 0 Å². The maximum atomic E-state index is 10.8. The summed E-state index contributed by atoms with van der Waals surface area (Å²) in [7, 11) is -0.470. The Morgan fingerprint density at radius 3 is 2.75 bits per heavy atom. The summed E-state index contributed by atoms with van der Waals surface area (Å²) in [4.78, 5) is 0. The van der Waals surface area contributed by atoms with Crippen molar-refractivity contribution in [1.82, 2.24) is 0 Å². The Balaban J connectivity index is 2.34. The second-order valence-electron chi connectivity index (χ2n) is 2.56. The van der Waals surface area contributed by atoms with E-state index in [0.717, 1.165) is 11.5 Å². The molecule has 0 amide bonds. The van der Waals surface area contributed by atoms with E-state index < -0.39 is 10.8 Å². The third kappa shape index (κ3) is 1.58. The van der Waals surface area contributed by atoms with E-state index in [0.29, 0.717) is 5.92 Å². The fourth-order valence-corrected chi connectivity index (χ4v) is 2.53. The summed E-state index contributed by atoms with van der Waals surface area (Å²) < 4.78 is 10.8. The van der Waals surface area contributed by atoms with Gasteiger partial charge in [-0.25, -0.2) is 0 Å². The average Bonchev–Trinajstić information content (AvgIpc) is 1.64. The van der Waals surface area contributed by atoms with E-state index in [2.05, 4.69) is 6.92 Å².